The molecule has 0 aliphatic carbocycles. The Morgan fingerprint density at radius 1 is 1.27 bits per heavy atom. The molecule has 1 aliphatic heterocycles. The number of hydrogen-bond donors (Lipinski definition) is 0. The van der Waals surface area contributed by atoms with Crippen molar-refractivity contribution in [1.82, 2.24) is 9.97 Å². The fourth-order valence-corrected chi connectivity index (χ4v) is 3.34. The summed E-state index contributed by atoms with van der Waals surface area (Å²) in [6.45, 7) is 2.58. The first-order valence-corrected chi connectivity index (χ1v) is 7.86. The lowest BCUT2D eigenvalue weighted by Crippen LogP contribution is -2.37. The van der Waals surface area contributed by atoms with Crippen molar-refractivity contribution in [2.45, 2.75) is 0 Å². The van der Waals surface area contributed by atoms with E-state index in [-0.39, 0.29) is 5.56 Å². The SMILES string of the molecule is O=c1nc(N2CCOCC2)oc2c(-c3cccnc3)csc12. The Bertz CT molecular complexity index is 853. The van der Waals surface area contributed by atoms with Crippen molar-refractivity contribution >= 4 is 27.6 Å². The first-order chi connectivity index (χ1) is 10.8. The van der Waals surface area contributed by atoms with Crippen molar-refractivity contribution < 1.29 is 9.15 Å². The van der Waals surface area contributed by atoms with Gasteiger partial charge in [0, 0.05) is 42.0 Å². The third-order valence-corrected chi connectivity index (χ3v) is 4.53. The number of pyridine rings is 1. The monoisotopic (exact) mass is 315 g/mol. The van der Waals surface area contributed by atoms with Gasteiger partial charge in [0.2, 0.25) is 0 Å². The molecular weight excluding hydrogens is 302 g/mol. The Labute approximate surface area is 130 Å². The zero-order valence-electron chi connectivity index (χ0n) is 11.7. The van der Waals surface area contributed by atoms with E-state index >= 15 is 0 Å². The molecule has 22 heavy (non-hydrogen) atoms. The first kappa shape index (κ1) is 13.4. The molecule has 1 saturated heterocycles. The van der Waals surface area contributed by atoms with Gasteiger partial charge in [-0.3, -0.25) is 9.78 Å². The molecule has 0 amide bonds. The first-order valence-electron chi connectivity index (χ1n) is 6.98. The molecule has 112 valence electrons. The van der Waals surface area contributed by atoms with Gasteiger partial charge in [-0.2, -0.15) is 4.98 Å². The number of anilines is 1. The van der Waals surface area contributed by atoms with Crippen LogP contribution >= 0.6 is 11.3 Å². The summed E-state index contributed by atoms with van der Waals surface area (Å²) in [6.07, 6.45) is 3.48. The van der Waals surface area contributed by atoms with Gasteiger partial charge in [0.1, 0.15) is 4.70 Å². The molecule has 4 rings (SSSR count). The van der Waals surface area contributed by atoms with Gasteiger partial charge in [-0.15, -0.1) is 11.3 Å². The molecule has 0 saturated carbocycles. The molecule has 3 aromatic heterocycles. The maximum Gasteiger partial charge on any atom is 0.301 e. The van der Waals surface area contributed by atoms with E-state index < -0.39 is 0 Å². The van der Waals surface area contributed by atoms with E-state index in [0.29, 0.717) is 42.6 Å². The van der Waals surface area contributed by atoms with Crippen LogP contribution in [0.15, 0.2) is 39.1 Å². The summed E-state index contributed by atoms with van der Waals surface area (Å²) in [7, 11) is 0. The molecule has 0 spiro atoms. The number of morpholine rings is 1. The smallest absolute Gasteiger partial charge is 0.301 e. The third kappa shape index (κ3) is 2.28. The molecule has 0 N–H and O–H groups in total. The second-order valence-electron chi connectivity index (χ2n) is 4.95. The Kier molecular flexibility index (Phi) is 3.36. The molecule has 4 heterocycles. The van der Waals surface area contributed by atoms with Crippen molar-refractivity contribution in [3.05, 3.63) is 40.3 Å². The zero-order valence-corrected chi connectivity index (χ0v) is 12.5. The number of fused-ring (bicyclic) bond motifs is 1. The second-order valence-corrected chi connectivity index (χ2v) is 5.83. The lowest BCUT2D eigenvalue weighted by Gasteiger charge is -2.25. The second kappa shape index (κ2) is 5.51. The summed E-state index contributed by atoms with van der Waals surface area (Å²) >= 11 is 1.35. The van der Waals surface area contributed by atoms with Crippen LogP contribution in [0.5, 0.6) is 0 Å². The van der Waals surface area contributed by atoms with Crippen LogP contribution in [-0.4, -0.2) is 36.3 Å². The van der Waals surface area contributed by atoms with Crippen LogP contribution in [-0.2, 0) is 4.74 Å². The fourth-order valence-electron chi connectivity index (χ4n) is 2.46. The third-order valence-electron chi connectivity index (χ3n) is 3.58. The summed E-state index contributed by atoms with van der Waals surface area (Å²) in [5.41, 5.74) is 2.14. The van der Waals surface area contributed by atoms with Gasteiger partial charge in [-0.1, -0.05) is 6.07 Å². The van der Waals surface area contributed by atoms with Gasteiger partial charge in [-0.25, -0.2) is 0 Å². The topological polar surface area (TPSA) is 68.5 Å². The molecule has 0 atom stereocenters. The fraction of sp³-hybridized carbons (Fsp3) is 0.267. The van der Waals surface area contributed by atoms with E-state index in [1.54, 1.807) is 12.4 Å². The van der Waals surface area contributed by atoms with Gasteiger partial charge in [0.05, 0.1) is 13.2 Å². The van der Waals surface area contributed by atoms with Gasteiger partial charge in [0.25, 0.3) is 5.56 Å². The van der Waals surface area contributed by atoms with Gasteiger partial charge in [-0.05, 0) is 6.07 Å². The normalized spacial score (nSPS) is 15.4. The Morgan fingerprint density at radius 2 is 2.14 bits per heavy atom. The van der Waals surface area contributed by atoms with Gasteiger partial charge < -0.3 is 14.1 Å². The van der Waals surface area contributed by atoms with Crippen LogP contribution in [0.3, 0.4) is 0 Å². The highest BCUT2D eigenvalue weighted by atomic mass is 32.1. The minimum Gasteiger partial charge on any atom is -0.423 e. The number of aromatic nitrogens is 2. The Morgan fingerprint density at radius 3 is 2.91 bits per heavy atom. The maximum absolute atomic E-state index is 12.3. The molecule has 0 aromatic carbocycles. The standard InChI is InChI=1S/C15H13N3O3S/c19-14-13-12(11(9-22-13)10-2-1-3-16-8-10)21-15(17-14)18-4-6-20-7-5-18/h1-3,8-9H,4-7H2. The lowest BCUT2D eigenvalue weighted by molar-refractivity contribution is 0.120. The summed E-state index contributed by atoms with van der Waals surface area (Å²) < 4.78 is 11.8. The zero-order chi connectivity index (χ0) is 14.9. The maximum atomic E-state index is 12.3. The largest absolute Gasteiger partial charge is 0.423 e. The molecule has 0 radical (unpaired) electrons. The predicted octanol–water partition coefficient (Wildman–Crippen LogP) is 2.15. The van der Waals surface area contributed by atoms with Crippen LogP contribution in [0.25, 0.3) is 21.4 Å². The predicted molar refractivity (Wildman–Crippen MR) is 84.4 cm³/mol. The highest BCUT2D eigenvalue weighted by Gasteiger charge is 2.19. The average molecular weight is 315 g/mol. The van der Waals surface area contributed by atoms with E-state index in [1.165, 1.54) is 11.3 Å². The summed E-state index contributed by atoms with van der Waals surface area (Å²) in [4.78, 5) is 22.4. The molecular formula is C15H13N3O3S. The van der Waals surface area contributed by atoms with Crippen LogP contribution in [0, 0.1) is 0 Å². The highest BCUT2D eigenvalue weighted by Crippen LogP contribution is 2.33. The molecule has 0 bridgehead atoms. The summed E-state index contributed by atoms with van der Waals surface area (Å²) in [5.74, 6) is 0. The number of ether oxygens (including phenoxy) is 1. The average Bonchev–Trinajstić information content (AvgIpc) is 3.01. The van der Waals surface area contributed by atoms with Gasteiger partial charge in [0.15, 0.2) is 5.58 Å². The van der Waals surface area contributed by atoms with Crippen molar-refractivity contribution in [2.75, 3.05) is 31.2 Å². The van der Waals surface area contributed by atoms with E-state index in [4.69, 9.17) is 9.15 Å². The minimum absolute atomic E-state index is 0.247. The van der Waals surface area contributed by atoms with Crippen LogP contribution in [0.4, 0.5) is 6.01 Å². The molecule has 1 fully saturated rings. The van der Waals surface area contributed by atoms with Crippen molar-refractivity contribution in [3.63, 3.8) is 0 Å². The van der Waals surface area contributed by atoms with E-state index in [2.05, 4.69) is 9.97 Å². The minimum atomic E-state index is -0.247. The van der Waals surface area contributed by atoms with E-state index in [9.17, 15) is 4.79 Å². The molecule has 1 aliphatic rings. The van der Waals surface area contributed by atoms with Crippen molar-refractivity contribution in [2.24, 2.45) is 0 Å². The number of hydrogen-bond acceptors (Lipinski definition) is 7. The Hall–Kier alpha value is -2.25. The van der Waals surface area contributed by atoms with Crippen molar-refractivity contribution in [3.8, 4) is 11.1 Å². The number of nitrogens with zero attached hydrogens (tertiary/aromatic N) is 3. The molecule has 6 nitrogen and oxygen atoms in total. The highest BCUT2D eigenvalue weighted by molar-refractivity contribution is 7.17. The summed E-state index contributed by atoms with van der Waals surface area (Å²) in [6, 6.07) is 4.17. The van der Waals surface area contributed by atoms with Gasteiger partial charge >= 0.3 is 6.01 Å². The molecule has 0 unspecified atom stereocenters. The molecule has 7 heteroatoms. The van der Waals surface area contributed by atoms with E-state index in [0.717, 1.165) is 11.1 Å². The lowest BCUT2D eigenvalue weighted by atomic mass is 10.1. The number of thiophene rings is 1. The van der Waals surface area contributed by atoms with E-state index in [1.807, 2.05) is 22.4 Å². The van der Waals surface area contributed by atoms with Crippen LogP contribution < -0.4 is 10.5 Å². The van der Waals surface area contributed by atoms with Crippen LogP contribution in [0.1, 0.15) is 0 Å². The quantitative estimate of drug-likeness (QED) is 0.722. The Balaban J connectivity index is 1.86. The molecule has 3 aromatic rings. The van der Waals surface area contributed by atoms with Crippen LogP contribution in [0.2, 0.25) is 0 Å². The summed E-state index contributed by atoms with van der Waals surface area (Å²) in [5, 5.41) is 1.91. The van der Waals surface area contributed by atoms with Crippen molar-refractivity contribution in [1.29, 1.82) is 0 Å². The number of rotatable bonds is 2.